The molecule has 0 heterocycles. The van der Waals surface area contributed by atoms with E-state index in [-0.39, 0.29) is 17.3 Å². The van der Waals surface area contributed by atoms with Crippen molar-refractivity contribution in [3.63, 3.8) is 0 Å². The highest BCUT2D eigenvalue weighted by Crippen LogP contribution is 2.21. The zero-order valence-corrected chi connectivity index (χ0v) is 16.7. The second-order valence-electron chi connectivity index (χ2n) is 6.49. The quantitative estimate of drug-likeness (QED) is 0.839. The second kappa shape index (κ2) is 8.01. The number of carbonyl (C=O) groups is 1. The maximum absolute atomic E-state index is 13.0. The molecule has 0 aliphatic rings. The molecule has 0 bridgehead atoms. The van der Waals surface area contributed by atoms with Crippen LogP contribution in [0.25, 0.3) is 0 Å². The van der Waals surface area contributed by atoms with E-state index in [4.69, 9.17) is 0 Å². The largest absolute Gasteiger partial charge is 0.325 e. The number of hydrogen-bond donors (Lipinski definition) is 1. The molecule has 0 radical (unpaired) electrons. The summed E-state index contributed by atoms with van der Waals surface area (Å²) >= 11 is 0. The number of nitrogens with zero attached hydrogens (tertiary/aromatic N) is 1. The number of nitrogens with one attached hydrogen (secondary N) is 1. The summed E-state index contributed by atoms with van der Waals surface area (Å²) in [5.74, 6) is -0.358. The molecule has 0 saturated heterocycles. The van der Waals surface area contributed by atoms with Crippen LogP contribution in [0.3, 0.4) is 0 Å². The number of anilines is 1. The first-order chi connectivity index (χ1) is 12.2. The molecule has 0 aliphatic carbocycles. The monoisotopic (exact) mass is 374 g/mol. The SMILES string of the molecule is CCN([C@H](C)C(=O)Nc1ccc(C)cc1)S(=O)(=O)c1ccc(C)c(C)c1. The van der Waals surface area contributed by atoms with Crippen molar-refractivity contribution in [1.29, 1.82) is 0 Å². The summed E-state index contributed by atoms with van der Waals surface area (Å²) < 4.78 is 27.3. The first-order valence-electron chi connectivity index (χ1n) is 8.63. The molecule has 0 unspecified atom stereocenters. The number of carbonyl (C=O) groups excluding carboxylic acids is 1. The Balaban J connectivity index is 2.25. The Morgan fingerprint density at radius 2 is 1.65 bits per heavy atom. The van der Waals surface area contributed by atoms with E-state index in [0.29, 0.717) is 5.69 Å². The lowest BCUT2D eigenvalue weighted by atomic mass is 10.1. The summed E-state index contributed by atoms with van der Waals surface area (Å²) in [6.07, 6.45) is 0. The first-order valence-corrected chi connectivity index (χ1v) is 10.1. The van der Waals surface area contributed by atoms with Gasteiger partial charge in [0.1, 0.15) is 6.04 Å². The molecule has 5 nitrogen and oxygen atoms in total. The van der Waals surface area contributed by atoms with Crippen LogP contribution in [0.2, 0.25) is 0 Å². The Labute approximate surface area is 156 Å². The minimum Gasteiger partial charge on any atom is -0.325 e. The molecule has 1 atom stereocenters. The Hall–Kier alpha value is -2.18. The van der Waals surface area contributed by atoms with Gasteiger partial charge in [0.25, 0.3) is 0 Å². The molecule has 0 aromatic heterocycles. The van der Waals surface area contributed by atoms with Crippen LogP contribution >= 0.6 is 0 Å². The van der Waals surface area contributed by atoms with Gasteiger partial charge in [-0.25, -0.2) is 8.42 Å². The van der Waals surface area contributed by atoms with E-state index in [1.54, 1.807) is 44.2 Å². The van der Waals surface area contributed by atoms with Crippen molar-refractivity contribution in [2.75, 3.05) is 11.9 Å². The molecule has 1 amide bonds. The number of sulfonamides is 1. The maximum Gasteiger partial charge on any atom is 0.243 e. The lowest BCUT2D eigenvalue weighted by Gasteiger charge is -2.26. The van der Waals surface area contributed by atoms with Crippen molar-refractivity contribution in [2.24, 2.45) is 0 Å². The molecule has 2 aromatic carbocycles. The number of rotatable bonds is 6. The maximum atomic E-state index is 13.0. The smallest absolute Gasteiger partial charge is 0.243 e. The fourth-order valence-electron chi connectivity index (χ4n) is 2.68. The minimum absolute atomic E-state index is 0.206. The van der Waals surface area contributed by atoms with Gasteiger partial charge in [0.05, 0.1) is 4.90 Å². The van der Waals surface area contributed by atoms with Gasteiger partial charge in [-0.1, -0.05) is 30.7 Å². The molecule has 1 N–H and O–H groups in total. The summed E-state index contributed by atoms with van der Waals surface area (Å²) in [5.41, 5.74) is 3.66. The normalized spacial score (nSPS) is 12.8. The van der Waals surface area contributed by atoms with E-state index in [1.165, 1.54) is 4.31 Å². The number of benzene rings is 2. The molecule has 0 aliphatic heterocycles. The van der Waals surface area contributed by atoms with E-state index in [9.17, 15) is 13.2 Å². The van der Waals surface area contributed by atoms with Crippen molar-refractivity contribution in [3.05, 3.63) is 59.2 Å². The van der Waals surface area contributed by atoms with Crippen LogP contribution in [0.1, 0.15) is 30.5 Å². The Kier molecular flexibility index (Phi) is 6.21. The summed E-state index contributed by atoms with van der Waals surface area (Å²) in [6.45, 7) is 9.31. The fourth-order valence-corrected chi connectivity index (χ4v) is 4.36. The first kappa shape index (κ1) is 20.1. The molecule has 26 heavy (non-hydrogen) atoms. The highest BCUT2D eigenvalue weighted by Gasteiger charge is 2.32. The van der Waals surface area contributed by atoms with Crippen LogP contribution in [-0.4, -0.2) is 31.2 Å². The Morgan fingerprint density at radius 3 is 2.19 bits per heavy atom. The lowest BCUT2D eigenvalue weighted by Crippen LogP contribution is -2.45. The highest BCUT2D eigenvalue weighted by molar-refractivity contribution is 7.89. The third-order valence-corrected chi connectivity index (χ3v) is 6.57. The third kappa shape index (κ3) is 4.31. The summed E-state index contributed by atoms with van der Waals surface area (Å²) in [6, 6.07) is 11.6. The van der Waals surface area contributed by atoms with Gasteiger partial charge >= 0.3 is 0 Å². The lowest BCUT2D eigenvalue weighted by molar-refractivity contribution is -0.119. The number of amides is 1. The Morgan fingerprint density at radius 1 is 1.04 bits per heavy atom. The van der Waals surface area contributed by atoms with Crippen molar-refractivity contribution >= 4 is 21.6 Å². The van der Waals surface area contributed by atoms with Crippen LogP contribution in [-0.2, 0) is 14.8 Å². The average molecular weight is 375 g/mol. The van der Waals surface area contributed by atoms with Crippen LogP contribution in [0.15, 0.2) is 47.4 Å². The van der Waals surface area contributed by atoms with Gasteiger partial charge in [0.2, 0.25) is 15.9 Å². The predicted octanol–water partition coefficient (Wildman–Crippen LogP) is 3.65. The van der Waals surface area contributed by atoms with Gasteiger partial charge in [-0.05, 0) is 63.1 Å². The molecule has 2 aromatic rings. The van der Waals surface area contributed by atoms with Crippen LogP contribution in [0.5, 0.6) is 0 Å². The van der Waals surface area contributed by atoms with Gasteiger partial charge in [-0.15, -0.1) is 0 Å². The Bertz CT molecular complexity index is 890. The number of aryl methyl sites for hydroxylation is 3. The summed E-state index contributed by atoms with van der Waals surface area (Å²) in [5, 5.41) is 2.78. The van der Waals surface area contributed by atoms with E-state index in [2.05, 4.69) is 5.32 Å². The minimum atomic E-state index is -3.76. The van der Waals surface area contributed by atoms with Crippen LogP contribution < -0.4 is 5.32 Å². The third-order valence-electron chi connectivity index (χ3n) is 4.53. The van der Waals surface area contributed by atoms with Crippen molar-refractivity contribution in [3.8, 4) is 0 Å². The number of hydrogen-bond acceptors (Lipinski definition) is 3. The van der Waals surface area contributed by atoms with Gasteiger partial charge in [-0.2, -0.15) is 4.31 Å². The fraction of sp³-hybridized carbons (Fsp3) is 0.350. The molecule has 6 heteroatoms. The standard InChI is InChI=1S/C20H26N2O3S/c1-6-22(26(24,25)19-12-9-15(3)16(4)13-19)17(5)20(23)21-18-10-7-14(2)8-11-18/h7-13,17H,6H2,1-5H3,(H,21,23)/t17-/m1/s1. The van der Waals surface area contributed by atoms with E-state index in [0.717, 1.165) is 16.7 Å². The molecular weight excluding hydrogens is 348 g/mol. The van der Waals surface area contributed by atoms with Crippen LogP contribution in [0.4, 0.5) is 5.69 Å². The van der Waals surface area contributed by atoms with Crippen molar-refractivity contribution in [2.45, 2.75) is 45.6 Å². The van der Waals surface area contributed by atoms with Gasteiger partial charge in [0.15, 0.2) is 0 Å². The summed E-state index contributed by atoms with van der Waals surface area (Å²) in [4.78, 5) is 12.8. The van der Waals surface area contributed by atoms with Gasteiger partial charge in [0, 0.05) is 12.2 Å². The number of likely N-dealkylation sites (N-methyl/N-ethyl adjacent to an activating group) is 1. The van der Waals surface area contributed by atoms with Gasteiger partial charge in [-0.3, -0.25) is 4.79 Å². The molecular formula is C20H26N2O3S. The molecule has 2 rings (SSSR count). The van der Waals surface area contributed by atoms with E-state index in [1.807, 2.05) is 32.9 Å². The van der Waals surface area contributed by atoms with Crippen LogP contribution in [0, 0.1) is 20.8 Å². The molecule has 0 spiro atoms. The second-order valence-corrected chi connectivity index (χ2v) is 8.38. The molecule has 140 valence electrons. The molecule has 0 saturated carbocycles. The van der Waals surface area contributed by atoms with Crippen molar-refractivity contribution in [1.82, 2.24) is 4.31 Å². The molecule has 0 fully saturated rings. The highest BCUT2D eigenvalue weighted by atomic mass is 32.2. The van der Waals surface area contributed by atoms with Crippen molar-refractivity contribution < 1.29 is 13.2 Å². The average Bonchev–Trinajstić information content (AvgIpc) is 2.59. The zero-order chi connectivity index (χ0) is 19.5. The predicted molar refractivity (Wildman–Crippen MR) is 105 cm³/mol. The van der Waals surface area contributed by atoms with Gasteiger partial charge < -0.3 is 5.32 Å². The van der Waals surface area contributed by atoms with E-state index < -0.39 is 16.1 Å². The van der Waals surface area contributed by atoms with E-state index >= 15 is 0 Å². The topological polar surface area (TPSA) is 66.5 Å². The summed E-state index contributed by atoms with van der Waals surface area (Å²) in [7, 11) is -3.76. The zero-order valence-electron chi connectivity index (χ0n) is 15.9.